The number of benzene rings is 1. The van der Waals surface area contributed by atoms with Gasteiger partial charge < -0.3 is 15.7 Å². The molecule has 0 fully saturated rings. The number of nitro groups is 1. The Bertz CT molecular complexity index is 505. The van der Waals surface area contributed by atoms with E-state index in [9.17, 15) is 14.9 Å². The first-order chi connectivity index (χ1) is 10.0. The molecular formula is C14H21N3O4. The number of aryl methyl sites for hydroxylation is 1. The van der Waals surface area contributed by atoms with E-state index in [1.54, 1.807) is 12.1 Å². The number of rotatable bonds is 7. The number of hydrogen-bond acceptors (Lipinski definition) is 4. The lowest BCUT2D eigenvalue weighted by Crippen LogP contribution is -2.38. The summed E-state index contributed by atoms with van der Waals surface area (Å²) in [5, 5.41) is 25.1. The van der Waals surface area contributed by atoms with Crippen LogP contribution in [0.4, 0.5) is 16.2 Å². The zero-order valence-corrected chi connectivity index (χ0v) is 12.3. The van der Waals surface area contributed by atoms with Gasteiger partial charge in [-0.2, -0.15) is 0 Å². The SMILES string of the molecule is CCc1ccc(NC(=O)NC(CC)CCO)cc1[N+](=O)[O-]. The predicted molar refractivity (Wildman–Crippen MR) is 80.4 cm³/mol. The Morgan fingerprint density at radius 3 is 2.67 bits per heavy atom. The molecule has 1 aromatic carbocycles. The van der Waals surface area contributed by atoms with Crippen molar-refractivity contribution in [1.82, 2.24) is 5.32 Å². The summed E-state index contributed by atoms with van der Waals surface area (Å²) >= 11 is 0. The Hall–Kier alpha value is -2.15. The van der Waals surface area contributed by atoms with Crippen LogP contribution in [-0.2, 0) is 6.42 Å². The lowest BCUT2D eigenvalue weighted by Gasteiger charge is -2.16. The maximum absolute atomic E-state index is 11.8. The molecule has 0 aromatic heterocycles. The molecule has 21 heavy (non-hydrogen) atoms. The molecule has 0 aliphatic heterocycles. The molecule has 0 saturated heterocycles. The average Bonchev–Trinajstić information content (AvgIpc) is 2.46. The number of nitrogens with one attached hydrogen (secondary N) is 2. The number of aliphatic hydroxyl groups is 1. The summed E-state index contributed by atoms with van der Waals surface area (Å²) in [6, 6.07) is 4.07. The third-order valence-electron chi connectivity index (χ3n) is 3.23. The Labute approximate surface area is 123 Å². The van der Waals surface area contributed by atoms with Crippen LogP contribution >= 0.6 is 0 Å². The van der Waals surface area contributed by atoms with Crippen LogP contribution in [0.1, 0.15) is 32.3 Å². The van der Waals surface area contributed by atoms with Gasteiger partial charge in [0.2, 0.25) is 0 Å². The van der Waals surface area contributed by atoms with Gasteiger partial charge in [0.1, 0.15) is 0 Å². The van der Waals surface area contributed by atoms with Gasteiger partial charge in [-0.05, 0) is 25.3 Å². The molecule has 0 aliphatic rings. The molecule has 0 spiro atoms. The van der Waals surface area contributed by atoms with Crippen LogP contribution in [0.15, 0.2) is 18.2 Å². The van der Waals surface area contributed by atoms with E-state index in [2.05, 4.69) is 10.6 Å². The van der Waals surface area contributed by atoms with Crippen molar-refractivity contribution in [3.05, 3.63) is 33.9 Å². The maximum Gasteiger partial charge on any atom is 0.319 e. The minimum absolute atomic E-state index is 0.00213. The normalized spacial score (nSPS) is 11.8. The second-order valence-electron chi connectivity index (χ2n) is 4.67. The van der Waals surface area contributed by atoms with E-state index in [0.29, 0.717) is 30.5 Å². The zero-order valence-electron chi connectivity index (χ0n) is 12.3. The van der Waals surface area contributed by atoms with Crippen LogP contribution < -0.4 is 10.6 Å². The highest BCUT2D eigenvalue weighted by atomic mass is 16.6. The van der Waals surface area contributed by atoms with Gasteiger partial charge in [-0.25, -0.2) is 4.79 Å². The predicted octanol–water partition coefficient (Wildman–Crippen LogP) is 2.44. The van der Waals surface area contributed by atoms with Crippen molar-refractivity contribution in [2.45, 2.75) is 39.2 Å². The molecule has 0 aliphatic carbocycles. The molecule has 0 saturated carbocycles. The van der Waals surface area contributed by atoms with Crippen molar-refractivity contribution in [1.29, 1.82) is 0 Å². The Morgan fingerprint density at radius 1 is 1.43 bits per heavy atom. The number of hydrogen-bond donors (Lipinski definition) is 3. The third kappa shape index (κ3) is 5.03. The number of anilines is 1. The summed E-state index contributed by atoms with van der Waals surface area (Å²) in [5.41, 5.74) is 0.991. The first kappa shape index (κ1) is 16.9. The van der Waals surface area contributed by atoms with Crippen LogP contribution in [0.5, 0.6) is 0 Å². The van der Waals surface area contributed by atoms with Crippen molar-refractivity contribution in [2.75, 3.05) is 11.9 Å². The number of nitrogens with zero attached hydrogens (tertiary/aromatic N) is 1. The van der Waals surface area contributed by atoms with Gasteiger partial charge in [0.15, 0.2) is 0 Å². The Kier molecular flexibility index (Phi) is 6.61. The van der Waals surface area contributed by atoms with Gasteiger partial charge >= 0.3 is 6.03 Å². The number of nitro benzene ring substituents is 1. The van der Waals surface area contributed by atoms with Gasteiger partial charge in [-0.1, -0.05) is 19.9 Å². The summed E-state index contributed by atoms with van der Waals surface area (Å²) < 4.78 is 0. The largest absolute Gasteiger partial charge is 0.396 e. The highest BCUT2D eigenvalue weighted by Crippen LogP contribution is 2.23. The highest BCUT2D eigenvalue weighted by Gasteiger charge is 2.15. The lowest BCUT2D eigenvalue weighted by atomic mass is 10.1. The van der Waals surface area contributed by atoms with Crippen molar-refractivity contribution < 1.29 is 14.8 Å². The quantitative estimate of drug-likeness (QED) is 0.530. The van der Waals surface area contributed by atoms with Crippen LogP contribution in [0.2, 0.25) is 0 Å². The number of aliphatic hydroxyl groups excluding tert-OH is 1. The minimum Gasteiger partial charge on any atom is -0.396 e. The topological polar surface area (TPSA) is 104 Å². The first-order valence-corrected chi connectivity index (χ1v) is 6.97. The summed E-state index contributed by atoms with van der Waals surface area (Å²) in [6.07, 6.45) is 1.72. The minimum atomic E-state index is -0.456. The molecule has 0 radical (unpaired) electrons. The van der Waals surface area contributed by atoms with Gasteiger partial charge in [-0.15, -0.1) is 0 Å². The Morgan fingerprint density at radius 2 is 2.14 bits per heavy atom. The molecule has 7 heteroatoms. The highest BCUT2D eigenvalue weighted by molar-refractivity contribution is 5.89. The summed E-state index contributed by atoms with van der Waals surface area (Å²) in [6.45, 7) is 3.74. The fourth-order valence-corrected chi connectivity index (χ4v) is 2.00. The average molecular weight is 295 g/mol. The van der Waals surface area contributed by atoms with Crippen LogP contribution in [0.25, 0.3) is 0 Å². The smallest absolute Gasteiger partial charge is 0.319 e. The van der Waals surface area contributed by atoms with E-state index in [4.69, 9.17) is 5.11 Å². The van der Waals surface area contributed by atoms with Crippen molar-refractivity contribution >= 4 is 17.4 Å². The van der Waals surface area contributed by atoms with Gasteiger partial charge in [0.05, 0.1) is 4.92 Å². The number of urea groups is 1. The van der Waals surface area contributed by atoms with Gasteiger partial charge in [-0.3, -0.25) is 10.1 Å². The van der Waals surface area contributed by atoms with Gasteiger partial charge in [0, 0.05) is 30.0 Å². The van der Waals surface area contributed by atoms with Crippen molar-refractivity contribution in [3.8, 4) is 0 Å². The van der Waals surface area contributed by atoms with E-state index >= 15 is 0 Å². The van der Waals surface area contributed by atoms with E-state index < -0.39 is 11.0 Å². The second-order valence-corrected chi connectivity index (χ2v) is 4.67. The summed E-state index contributed by atoms with van der Waals surface area (Å²) in [7, 11) is 0. The molecule has 7 nitrogen and oxygen atoms in total. The molecule has 3 N–H and O–H groups in total. The third-order valence-corrected chi connectivity index (χ3v) is 3.23. The number of amides is 2. The number of carbonyl (C=O) groups excluding carboxylic acids is 1. The van der Waals surface area contributed by atoms with Crippen LogP contribution in [0, 0.1) is 10.1 Å². The lowest BCUT2D eigenvalue weighted by molar-refractivity contribution is -0.385. The molecular weight excluding hydrogens is 274 g/mol. The van der Waals surface area contributed by atoms with Gasteiger partial charge in [0.25, 0.3) is 5.69 Å². The van der Waals surface area contributed by atoms with Crippen molar-refractivity contribution in [3.63, 3.8) is 0 Å². The van der Waals surface area contributed by atoms with E-state index in [1.165, 1.54) is 6.07 Å². The fraction of sp³-hybridized carbons (Fsp3) is 0.500. The standard InChI is InChI=1S/C14H21N3O4/c1-3-10-5-6-12(9-13(10)17(20)21)16-14(19)15-11(4-2)7-8-18/h5-6,9,11,18H,3-4,7-8H2,1-2H3,(H2,15,16,19). The van der Waals surface area contributed by atoms with Crippen molar-refractivity contribution in [2.24, 2.45) is 0 Å². The van der Waals surface area contributed by atoms with E-state index in [1.807, 2.05) is 13.8 Å². The fourth-order valence-electron chi connectivity index (χ4n) is 2.00. The summed E-state index contributed by atoms with van der Waals surface area (Å²) in [5.74, 6) is 0. The number of carbonyl (C=O) groups is 1. The Balaban J connectivity index is 2.76. The molecule has 1 aromatic rings. The van der Waals surface area contributed by atoms with Crippen LogP contribution in [0.3, 0.4) is 0 Å². The molecule has 2 amide bonds. The molecule has 1 atom stereocenters. The molecule has 116 valence electrons. The van der Waals surface area contributed by atoms with E-state index in [-0.39, 0.29) is 18.3 Å². The first-order valence-electron chi connectivity index (χ1n) is 6.97. The van der Waals surface area contributed by atoms with Crippen LogP contribution in [-0.4, -0.2) is 28.7 Å². The maximum atomic E-state index is 11.8. The molecule has 1 rings (SSSR count). The molecule has 1 unspecified atom stereocenters. The second kappa shape index (κ2) is 8.21. The zero-order chi connectivity index (χ0) is 15.8. The summed E-state index contributed by atoms with van der Waals surface area (Å²) in [4.78, 5) is 22.3. The molecule has 0 heterocycles. The molecule has 0 bridgehead atoms. The van der Waals surface area contributed by atoms with E-state index in [0.717, 1.165) is 0 Å². The monoisotopic (exact) mass is 295 g/mol.